The Labute approximate surface area is 105 Å². The van der Waals surface area contributed by atoms with Crippen molar-refractivity contribution in [3.63, 3.8) is 0 Å². The Morgan fingerprint density at radius 3 is 2.94 bits per heavy atom. The van der Waals surface area contributed by atoms with Crippen molar-refractivity contribution in [1.82, 2.24) is 10.6 Å². The Kier molecular flexibility index (Phi) is 3.60. The minimum Gasteiger partial charge on any atom is -0.340 e. The molecule has 1 saturated heterocycles. The predicted molar refractivity (Wildman–Crippen MR) is 67.7 cm³/mol. The standard InChI is InChI=1S/C13H16FN3O/c1-3-6-15-13-16-11(12(18)17-13)9-7-8(2)4-5-10(9)14/h4-5,7,11H,3,6H2,1-2H3,(H2,15,16,17,18). The van der Waals surface area contributed by atoms with E-state index in [1.165, 1.54) is 6.07 Å². The molecule has 1 aliphatic heterocycles. The highest BCUT2D eigenvalue weighted by Crippen LogP contribution is 2.21. The Morgan fingerprint density at radius 1 is 1.44 bits per heavy atom. The summed E-state index contributed by atoms with van der Waals surface area (Å²) in [7, 11) is 0. The van der Waals surface area contributed by atoms with Gasteiger partial charge >= 0.3 is 0 Å². The van der Waals surface area contributed by atoms with Crippen LogP contribution in [-0.4, -0.2) is 18.4 Å². The molecule has 18 heavy (non-hydrogen) atoms. The van der Waals surface area contributed by atoms with Gasteiger partial charge in [0.1, 0.15) is 11.9 Å². The molecule has 5 heteroatoms. The second-order valence-corrected chi connectivity index (χ2v) is 4.32. The van der Waals surface area contributed by atoms with Crippen molar-refractivity contribution in [3.05, 3.63) is 35.1 Å². The zero-order chi connectivity index (χ0) is 13.1. The number of nitrogens with one attached hydrogen (secondary N) is 2. The van der Waals surface area contributed by atoms with Gasteiger partial charge in [-0.3, -0.25) is 15.1 Å². The van der Waals surface area contributed by atoms with Crippen LogP contribution in [0, 0.1) is 12.7 Å². The number of aryl methyl sites for hydroxylation is 1. The van der Waals surface area contributed by atoms with Gasteiger partial charge in [0.05, 0.1) is 0 Å². The predicted octanol–water partition coefficient (Wildman–Crippen LogP) is 1.66. The van der Waals surface area contributed by atoms with Crippen LogP contribution in [0.4, 0.5) is 4.39 Å². The molecule has 96 valence electrons. The highest BCUT2D eigenvalue weighted by molar-refractivity contribution is 6.06. The summed E-state index contributed by atoms with van der Waals surface area (Å²) >= 11 is 0. The van der Waals surface area contributed by atoms with Crippen LogP contribution in [0.1, 0.15) is 30.5 Å². The monoisotopic (exact) mass is 249 g/mol. The van der Waals surface area contributed by atoms with Crippen molar-refractivity contribution >= 4 is 11.9 Å². The lowest BCUT2D eigenvalue weighted by Gasteiger charge is -2.10. The molecule has 1 atom stereocenters. The summed E-state index contributed by atoms with van der Waals surface area (Å²) in [6, 6.07) is 4.04. The number of aliphatic imine (C=N–C) groups is 1. The maximum absolute atomic E-state index is 13.7. The maximum atomic E-state index is 13.7. The summed E-state index contributed by atoms with van der Waals surface area (Å²) in [6.45, 7) is 4.49. The van der Waals surface area contributed by atoms with Crippen molar-refractivity contribution in [3.8, 4) is 0 Å². The molecule has 0 bridgehead atoms. The zero-order valence-electron chi connectivity index (χ0n) is 10.5. The lowest BCUT2D eigenvalue weighted by atomic mass is 10.0. The summed E-state index contributed by atoms with van der Waals surface area (Å²) in [5.41, 5.74) is 1.27. The molecule has 0 aliphatic carbocycles. The zero-order valence-corrected chi connectivity index (χ0v) is 10.5. The lowest BCUT2D eigenvalue weighted by molar-refractivity contribution is -0.120. The van der Waals surface area contributed by atoms with Gasteiger partial charge in [0.15, 0.2) is 5.96 Å². The first-order valence-electron chi connectivity index (χ1n) is 5.99. The number of nitrogens with zero attached hydrogens (tertiary/aromatic N) is 1. The number of halogens is 1. The molecular formula is C13H16FN3O. The summed E-state index contributed by atoms with van der Waals surface area (Å²) in [6.07, 6.45) is 0.893. The molecule has 0 spiro atoms. The number of guanidine groups is 1. The molecule has 1 heterocycles. The van der Waals surface area contributed by atoms with Gasteiger partial charge in [0.25, 0.3) is 5.91 Å². The van der Waals surface area contributed by atoms with E-state index in [9.17, 15) is 9.18 Å². The van der Waals surface area contributed by atoms with Gasteiger partial charge < -0.3 is 5.32 Å². The highest BCUT2D eigenvalue weighted by Gasteiger charge is 2.31. The van der Waals surface area contributed by atoms with Crippen molar-refractivity contribution in [1.29, 1.82) is 0 Å². The fraction of sp³-hybridized carbons (Fsp3) is 0.385. The third-order valence-electron chi connectivity index (χ3n) is 2.74. The molecule has 1 fully saturated rings. The van der Waals surface area contributed by atoms with Crippen LogP contribution in [0.3, 0.4) is 0 Å². The van der Waals surface area contributed by atoms with Gasteiger partial charge in [0, 0.05) is 12.1 Å². The Balaban J connectivity index is 2.24. The largest absolute Gasteiger partial charge is 0.340 e. The van der Waals surface area contributed by atoms with Crippen LogP contribution >= 0.6 is 0 Å². The SMILES string of the molecule is CCCN=C1NC(=O)C(c2cc(C)ccc2F)N1. The molecular weight excluding hydrogens is 233 g/mol. The number of amides is 1. The van der Waals surface area contributed by atoms with E-state index < -0.39 is 6.04 Å². The molecule has 1 aliphatic rings. The summed E-state index contributed by atoms with van der Waals surface area (Å²) in [4.78, 5) is 16.0. The van der Waals surface area contributed by atoms with E-state index in [0.717, 1.165) is 12.0 Å². The van der Waals surface area contributed by atoms with E-state index in [2.05, 4.69) is 15.6 Å². The van der Waals surface area contributed by atoms with Crippen molar-refractivity contribution in [2.45, 2.75) is 26.3 Å². The quantitative estimate of drug-likeness (QED) is 0.856. The first-order chi connectivity index (χ1) is 8.61. The Hall–Kier alpha value is -1.91. The summed E-state index contributed by atoms with van der Waals surface area (Å²) in [5, 5.41) is 5.53. The van der Waals surface area contributed by atoms with Crippen LogP contribution in [0.15, 0.2) is 23.2 Å². The molecule has 2 rings (SSSR count). The number of carbonyl (C=O) groups excluding carboxylic acids is 1. The molecule has 0 radical (unpaired) electrons. The molecule has 1 aromatic carbocycles. The van der Waals surface area contributed by atoms with E-state index in [1.807, 2.05) is 13.8 Å². The van der Waals surface area contributed by atoms with Gasteiger partial charge in [-0.05, 0) is 19.4 Å². The number of rotatable bonds is 3. The smallest absolute Gasteiger partial charge is 0.254 e. The molecule has 0 saturated carbocycles. The molecule has 0 aromatic heterocycles. The second kappa shape index (κ2) is 5.16. The Morgan fingerprint density at radius 2 is 2.22 bits per heavy atom. The van der Waals surface area contributed by atoms with Crippen molar-refractivity contribution in [2.75, 3.05) is 6.54 Å². The molecule has 1 aromatic rings. The number of benzene rings is 1. The third kappa shape index (κ3) is 2.50. The van der Waals surface area contributed by atoms with Crippen LogP contribution in [0.5, 0.6) is 0 Å². The van der Waals surface area contributed by atoms with E-state index >= 15 is 0 Å². The Bertz CT molecular complexity index is 499. The van der Waals surface area contributed by atoms with Crippen LogP contribution in [0.2, 0.25) is 0 Å². The lowest BCUT2D eigenvalue weighted by Crippen LogP contribution is -2.25. The van der Waals surface area contributed by atoms with Crippen LogP contribution in [-0.2, 0) is 4.79 Å². The minimum atomic E-state index is -0.694. The van der Waals surface area contributed by atoms with E-state index in [0.29, 0.717) is 18.1 Å². The summed E-state index contributed by atoms with van der Waals surface area (Å²) < 4.78 is 13.7. The number of hydrogen-bond donors (Lipinski definition) is 2. The highest BCUT2D eigenvalue weighted by atomic mass is 19.1. The average molecular weight is 249 g/mol. The van der Waals surface area contributed by atoms with Crippen LogP contribution < -0.4 is 10.6 Å². The van der Waals surface area contributed by atoms with E-state index in [4.69, 9.17) is 0 Å². The average Bonchev–Trinajstić information content (AvgIpc) is 2.71. The van der Waals surface area contributed by atoms with Gasteiger partial charge in [0.2, 0.25) is 0 Å². The molecule has 2 N–H and O–H groups in total. The van der Waals surface area contributed by atoms with Gasteiger partial charge in [-0.25, -0.2) is 4.39 Å². The van der Waals surface area contributed by atoms with Gasteiger partial charge in [-0.1, -0.05) is 24.6 Å². The minimum absolute atomic E-state index is 0.269. The normalized spacial score (nSPS) is 20.9. The summed E-state index contributed by atoms with van der Waals surface area (Å²) in [5.74, 6) is -0.230. The second-order valence-electron chi connectivity index (χ2n) is 4.32. The van der Waals surface area contributed by atoms with E-state index in [1.54, 1.807) is 12.1 Å². The van der Waals surface area contributed by atoms with E-state index in [-0.39, 0.29) is 11.7 Å². The first-order valence-corrected chi connectivity index (χ1v) is 5.99. The van der Waals surface area contributed by atoms with Crippen LogP contribution in [0.25, 0.3) is 0 Å². The molecule has 1 unspecified atom stereocenters. The van der Waals surface area contributed by atoms with Crippen molar-refractivity contribution < 1.29 is 9.18 Å². The molecule has 4 nitrogen and oxygen atoms in total. The number of hydrogen-bond acceptors (Lipinski definition) is 2. The fourth-order valence-corrected chi connectivity index (χ4v) is 1.84. The van der Waals surface area contributed by atoms with Crippen molar-refractivity contribution in [2.24, 2.45) is 4.99 Å². The molecule has 1 amide bonds. The number of carbonyl (C=O) groups is 1. The van der Waals surface area contributed by atoms with Gasteiger partial charge in [-0.15, -0.1) is 0 Å². The topological polar surface area (TPSA) is 53.5 Å². The maximum Gasteiger partial charge on any atom is 0.254 e. The third-order valence-corrected chi connectivity index (χ3v) is 2.74. The first kappa shape index (κ1) is 12.5. The fourth-order valence-electron chi connectivity index (χ4n) is 1.84. The van der Waals surface area contributed by atoms with Gasteiger partial charge in [-0.2, -0.15) is 0 Å².